The molecule has 2 aromatic rings. The maximum Gasteiger partial charge on any atom is 0.187 e. The lowest BCUT2D eigenvalue weighted by atomic mass is 9.96. The Kier molecular flexibility index (Phi) is 8.07. The Morgan fingerprint density at radius 1 is 0.786 bits per heavy atom. The fraction of sp³-hybridized carbons (Fsp3) is 0.562. The molecule has 10 nitrogen and oxygen atoms in total. The van der Waals surface area contributed by atoms with Crippen LogP contribution in [0, 0.1) is 12.3 Å². The third-order valence-corrected chi connectivity index (χ3v) is 8.15. The highest BCUT2D eigenvalue weighted by Crippen LogP contribution is 2.44. The summed E-state index contributed by atoms with van der Waals surface area (Å²) in [5.74, 6) is 1.76. The summed E-state index contributed by atoms with van der Waals surface area (Å²) in [5.41, 5.74) is 1.91. The van der Waals surface area contributed by atoms with Crippen molar-refractivity contribution < 1.29 is 47.4 Å². The summed E-state index contributed by atoms with van der Waals surface area (Å²) in [5, 5.41) is 0. The zero-order valence-corrected chi connectivity index (χ0v) is 23.6. The highest BCUT2D eigenvalue weighted by atomic mass is 16.8. The second-order valence-electron chi connectivity index (χ2n) is 11.5. The normalized spacial score (nSPS) is 40.2. The quantitative estimate of drug-likeness (QED) is 0.434. The number of hydrogen-bond donors (Lipinski definition) is 0. The molecule has 0 saturated carbocycles. The van der Waals surface area contributed by atoms with Crippen molar-refractivity contribution in [2.24, 2.45) is 0 Å². The third kappa shape index (κ3) is 5.63. The van der Waals surface area contributed by atoms with Crippen LogP contribution in [0.5, 0.6) is 0 Å². The van der Waals surface area contributed by atoms with Gasteiger partial charge in [0.25, 0.3) is 0 Å². The van der Waals surface area contributed by atoms with Crippen LogP contribution in [-0.4, -0.2) is 87.0 Å². The summed E-state index contributed by atoms with van der Waals surface area (Å²) in [6.45, 7) is 4.71. The number of benzene rings is 2. The highest BCUT2D eigenvalue weighted by molar-refractivity contribution is 5.17. The number of hydrogen-bond acceptors (Lipinski definition) is 10. The fourth-order valence-corrected chi connectivity index (χ4v) is 6.31. The van der Waals surface area contributed by atoms with Crippen molar-refractivity contribution in [3.05, 3.63) is 71.8 Å². The Bertz CT molecular complexity index is 1230. The lowest BCUT2D eigenvalue weighted by molar-refractivity contribution is -0.382. The summed E-state index contributed by atoms with van der Waals surface area (Å²) < 4.78 is 63.1. The van der Waals surface area contributed by atoms with Crippen molar-refractivity contribution in [2.45, 2.75) is 93.9 Å². The number of rotatable bonds is 8. The zero-order valence-electron chi connectivity index (χ0n) is 23.6. The van der Waals surface area contributed by atoms with Crippen LogP contribution >= 0.6 is 0 Å². The van der Waals surface area contributed by atoms with Gasteiger partial charge in [0.15, 0.2) is 24.7 Å². The topological polar surface area (TPSA) is 92.3 Å². The molecule has 2 bridgehead atoms. The molecule has 0 amide bonds. The van der Waals surface area contributed by atoms with E-state index in [0.29, 0.717) is 13.2 Å². The van der Waals surface area contributed by atoms with E-state index in [1.807, 2.05) is 74.5 Å². The Morgan fingerprint density at radius 2 is 1.52 bits per heavy atom. The van der Waals surface area contributed by atoms with Gasteiger partial charge in [-0.25, -0.2) is 0 Å². The first-order valence-electron chi connectivity index (χ1n) is 14.5. The minimum absolute atomic E-state index is 0.0313. The van der Waals surface area contributed by atoms with E-state index in [0.717, 1.165) is 11.1 Å². The van der Waals surface area contributed by atoms with Crippen LogP contribution in [-0.2, 0) is 54.0 Å². The summed E-state index contributed by atoms with van der Waals surface area (Å²) >= 11 is 0. The first-order valence-corrected chi connectivity index (χ1v) is 14.5. The van der Waals surface area contributed by atoms with Crippen molar-refractivity contribution in [2.75, 3.05) is 19.8 Å². The second-order valence-corrected chi connectivity index (χ2v) is 11.5. The Labute approximate surface area is 245 Å². The molecule has 5 fully saturated rings. The monoisotopic (exact) mass is 580 g/mol. The Morgan fingerprint density at radius 3 is 2.31 bits per heavy atom. The predicted molar refractivity (Wildman–Crippen MR) is 146 cm³/mol. The van der Waals surface area contributed by atoms with E-state index in [4.69, 9.17) is 53.8 Å². The molecule has 5 aliphatic heterocycles. The van der Waals surface area contributed by atoms with E-state index >= 15 is 0 Å². The van der Waals surface area contributed by atoms with E-state index in [9.17, 15) is 0 Å². The SMILES string of the molecule is C#CCO[C@@H]1[C@H](O[C@H]2[C@@H]3OC(C)(C)O[C@@H]3[C@@H]3OC[C@H]2O3)O[C@@H]2CO[C@@H](c3ccccc3)O[C@H]2[C@@H]1OCc1ccccc1. The molecule has 10 heteroatoms. The summed E-state index contributed by atoms with van der Waals surface area (Å²) in [6.07, 6.45) is -0.462. The highest BCUT2D eigenvalue weighted by Gasteiger charge is 2.61. The van der Waals surface area contributed by atoms with E-state index in [1.54, 1.807) is 0 Å². The van der Waals surface area contributed by atoms with Gasteiger partial charge < -0.3 is 47.4 Å². The maximum atomic E-state index is 6.71. The molecule has 5 saturated heterocycles. The van der Waals surface area contributed by atoms with Crippen molar-refractivity contribution in [1.82, 2.24) is 0 Å². The van der Waals surface area contributed by atoms with Gasteiger partial charge in [-0.3, -0.25) is 0 Å². The van der Waals surface area contributed by atoms with Crippen LogP contribution in [0.15, 0.2) is 60.7 Å². The summed E-state index contributed by atoms with van der Waals surface area (Å²) in [7, 11) is 0. The van der Waals surface area contributed by atoms with Gasteiger partial charge in [-0.05, 0) is 19.4 Å². The smallest absolute Gasteiger partial charge is 0.187 e. The lowest BCUT2D eigenvalue weighted by Gasteiger charge is -2.50. The molecular weight excluding hydrogens is 544 g/mol. The lowest BCUT2D eigenvalue weighted by Crippen LogP contribution is -2.65. The van der Waals surface area contributed by atoms with E-state index in [-0.39, 0.29) is 19.3 Å². The van der Waals surface area contributed by atoms with E-state index in [1.165, 1.54) is 0 Å². The molecule has 5 heterocycles. The first-order chi connectivity index (χ1) is 20.5. The molecule has 224 valence electrons. The Balaban J connectivity index is 1.17. The van der Waals surface area contributed by atoms with Gasteiger partial charge in [-0.1, -0.05) is 66.6 Å². The van der Waals surface area contributed by atoms with Crippen LogP contribution in [0.1, 0.15) is 31.3 Å². The summed E-state index contributed by atoms with van der Waals surface area (Å²) in [6, 6.07) is 19.7. The first kappa shape index (κ1) is 28.4. The second kappa shape index (κ2) is 11.9. The van der Waals surface area contributed by atoms with E-state index in [2.05, 4.69) is 5.92 Å². The predicted octanol–water partition coefficient (Wildman–Crippen LogP) is 3.09. The largest absolute Gasteiger partial charge is 0.368 e. The molecular formula is C32H36O10. The van der Waals surface area contributed by atoms with Gasteiger partial charge in [-0.15, -0.1) is 6.42 Å². The van der Waals surface area contributed by atoms with E-state index < -0.39 is 67.4 Å². The van der Waals surface area contributed by atoms with Crippen molar-refractivity contribution >= 4 is 0 Å². The fourth-order valence-electron chi connectivity index (χ4n) is 6.31. The zero-order chi connectivity index (χ0) is 28.7. The Hall–Kier alpha value is -2.40. The number of ether oxygens (including phenoxy) is 10. The van der Waals surface area contributed by atoms with Crippen LogP contribution < -0.4 is 0 Å². The van der Waals surface area contributed by atoms with Gasteiger partial charge in [0, 0.05) is 5.56 Å². The van der Waals surface area contributed by atoms with Gasteiger partial charge in [-0.2, -0.15) is 0 Å². The van der Waals surface area contributed by atoms with Gasteiger partial charge >= 0.3 is 0 Å². The van der Waals surface area contributed by atoms with Gasteiger partial charge in [0.1, 0.15) is 55.4 Å². The number of fused-ring (bicyclic) bond motifs is 5. The molecule has 2 aromatic carbocycles. The molecule has 0 aromatic heterocycles. The molecule has 7 rings (SSSR count). The van der Waals surface area contributed by atoms with Gasteiger partial charge in [0.2, 0.25) is 0 Å². The van der Waals surface area contributed by atoms with Crippen LogP contribution in [0.3, 0.4) is 0 Å². The molecule has 5 aliphatic rings. The molecule has 42 heavy (non-hydrogen) atoms. The molecule has 11 atom stereocenters. The number of terminal acetylenes is 1. The maximum absolute atomic E-state index is 6.71. The molecule has 0 unspecified atom stereocenters. The molecule has 0 spiro atoms. The molecule has 0 aliphatic carbocycles. The third-order valence-electron chi connectivity index (χ3n) is 8.15. The van der Waals surface area contributed by atoms with Crippen LogP contribution in [0.4, 0.5) is 0 Å². The van der Waals surface area contributed by atoms with Crippen molar-refractivity contribution in [3.8, 4) is 12.3 Å². The minimum atomic E-state index is -0.889. The minimum Gasteiger partial charge on any atom is -0.368 e. The van der Waals surface area contributed by atoms with Crippen molar-refractivity contribution in [3.63, 3.8) is 0 Å². The van der Waals surface area contributed by atoms with Crippen LogP contribution in [0.25, 0.3) is 0 Å². The van der Waals surface area contributed by atoms with Gasteiger partial charge in [0.05, 0.1) is 19.8 Å². The van der Waals surface area contributed by atoms with Crippen LogP contribution in [0.2, 0.25) is 0 Å². The molecule has 0 N–H and O–H groups in total. The van der Waals surface area contributed by atoms with Crippen molar-refractivity contribution in [1.29, 1.82) is 0 Å². The average molecular weight is 581 g/mol. The summed E-state index contributed by atoms with van der Waals surface area (Å²) in [4.78, 5) is 0. The average Bonchev–Trinajstić information content (AvgIpc) is 3.60. The molecule has 0 radical (unpaired) electrons. The standard InChI is InChI=1S/C32H36O10/c1-4-15-33-27-25(34-16-19-11-7-5-8-12-19)23-21(17-35-29(39-23)20-13-9-6-10-14-20)38-31(27)40-24-22-18-36-30(37-22)28-26(24)41-32(2,3)42-28/h1,5-14,21-31H,15-18H2,2-3H3/t21-,22-,23-,24-,25+,26+,27+,28+,29-,30-,31+/m1/s1.